The molecule has 4 aromatic rings. The second-order valence-electron chi connectivity index (χ2n) is 13.1. The number of ether oxygens (including phenoxy) is 1. The molecular weight excluding hydrogens is 557 g/mol. The molecule has 7 rings (SSSR count). The number of fused-ring (bicyclic) bond motifs is 1. The number of halogens is 1. The van der Waals surface area contributed by atoms with Gasteiger partial charge in [0.2, 0.25) is 5.95 Å². The summed E-state index contributed by atoms with van der Waals surface area (Å²) in [7, 11) is 0. The number of nitrogens with one attached hydrogen (secondary N) is 2. The lowest BCUT2D eigenvalue weighted by atomic mass is 9.81. The SMILES string of the molecule is Cc1nc(F)ccc1C(Nc1cc(C#N)c2ncc(C#N)c(N[C@@H]3CCOCC3(C)C)c2c1)c1cn(C2(C3CC3)CC2)nn1. The third-order valence-corrected chi connectivity index (χ3v) is 9.58. The smallest absolute Gasteiger partial charge is 0.213 e. The second-order valence-corrected chi connectivity index (χ2v) is 13.1. The lowest BCUT2D eigenvalue weighted by molar-refractivity contribution is 0.00350. The third kappa shape index (κ3) is 4.91. The summed E-state index contributed by atoms with van der Waals surface area (Å²) in [6.45, 7) is 7.27. The standard InChI is InChI=1S/C33H34FN9O/c1-19-24(6-7-28(34)38-19)31(26-17-43(42-41-26)33(9-10-33)22-4-5-22)39-23-12-20(14-35)29-25(13-23)30(21(15-36)16-37-29)40-27-8-11-44-18-32(27,2)3/h6-7,12-13,16-17,22,27,31,39H,4-5,8-11,18H2,1-3H3,(H,37,40)/t27-,31?/m1/s1. The lowest BCUT2D eigenvalue weighted by Crippen LogP contribution is -2.44. The molecule has 10 nitrogen and oxygen atoms in total. The van der Waals surface area contributed by atoms with Crippen LogP contribution in [-0.4, -0.2) is 44.2 Å². The molecule has 2 N–H and O–H groups in total. The zero-order valence-electron chi connectivity index (χ0n) is 25.1. The Labute approximate surface area is 255 Å². The average Bonchev–Trinajstić information content (AvgIpc) is 3.94. The summed E-state index contributed by atoms with van der Waals surface area (Å²) >= 11 is 0. The number of anilines is 2. The first-order chi connectivity index (χ1) is 21.2. The molecule has 1 unspecified atom stereocenters. The minimum absolute atomic E-state index is 0.0491. The van der Waals surface area contributed by atoms with Crippen molar-refractivity contribution in [2.75, 3.05) is 23.8 Å². The van der Waals surface area contributed by atoms with Gasteiger partial charge in [0.15, 0.2) is 0 Å². The Balaban J connectivity index is 1.33. The number of aromatic nitrogens is 5. The highest BCUT2D eigenvalue weighted by atomic mass is 19.1. The van der Waals surface area contributed by atoms with Crippen molar-refractivity contribution in [2.24, 2.45) is 11.3 Å². The zero-order chi connectivity index (χ0) is 30.6. The predicted octanol–water partition coefficient (Wildman–Crippen LogP) is 5.74. The first kappa shape index (κ1) is 28.2. The van der Waals surface area contributed by atoms with Crippen molar-refractivity contribution in [3.05, 3.63) is 70.7 Å². The summed E-state index contributed by atoms with van der Waals surface area (Å²) in [5.74, 6) is 0.0865. The van der Waals surface area contributed by atoms with Gasteiger partial charge in [-0.15, -0.1) is 5.10 Å². The summed E-state index contributed by atoms with van der Waals surface area (Å²) in [6, 6.07) is 10.8. The Bertz CT molecular complexity index is 1840. The van der Waals surface area contributed by atoms with E-state index >= 15 is 0 Å². The van der Waals surface area contributed by atoms with Crippen LogP contribution in [0.5, 0.6) is 0 Å². The van der Waals surface area contributed by atoms with Crippen LogP contribution in [0.3, 0.4) is 0 Å². The lowest BCUT2D eigenvalue weighted by Gasteiger charge is -2.39. The number of nitriles is 2. The quantitative estimate of drug-likeness (QED) is 0.246. The Morgan fingerprint density at radius 1 is 1.11 bits per heavy atom. The predicted molar refractivity (Wildman–Crippen MR) is 162 cm³/mol. The van der Waals surface area contributed by atoms with E-state index in [1.54, 1.807) is 19.1 Å². The van der Waals surface area contributed by atoms with E-state index in [1.165, 1.54) is 25.1 Å². The van der Waals surface area contributed by atoms with Crippen molar-refractivity contribution >= 4 is 22.3 Å². The van der Waals surface area contributed by atoms with Crippen LogP contribution >= 0.6 is 0 Å². The van der Waals surface area contributed by atoms with Crippen molar-refractivity contribution in [1.82, 2.24) is 25.0 Å². The first-order valence-corrected chi connectivity index (χ1v) is 15.2. The maximum absolute atomic E-state index is 14.1. The van der Waals surface area contributed by atoms with E-state index in [2.05, 4.69) is 56.9 Å². The summed E-state index contributed by atoms with van der Waals surface area (Å²) in [5, 5.41) is 37.3. The number of hydrogen-bond acceptors (Lipinski definition) is 9. The largest absolute Gasteiger partial charge is 0.381 e. The minimum Gasteiger partial charge on any atom is -0.381 e. The maximum atomic E-state index is 14.1. The highest BCUT2D eigenvalue weighted by molar-refractivity contribution is 5.99. The van der Waals surface area contributed by atoms with Crippen LogP contribution in [0.4, 0.5) is 15.8 Å². The highest BCUT2D eigenvalue weighted by Crippen LogP contribution is 2.59. The summed E-state index contributed by atoms with van der Waals surface area (Å²) in [5.41, 5.74) is 4.38. The third-order valence-electron chi connectivity index (χ3n) is 9.58. The van der Waals surface area contributed by atoms with Crippen LogP contribution in [0.15, 0.2) is 36.7 Å². The Morgan fingerprint density at radius 3 is 2.59 bits per heavy atom. The van der Waals surface area contributed by atoms with Crippen molar-refractivity contribution in [2.45, 2.75) is 70.5 Å². The molecule has 1 aromatic carbocycles. The number of aryl methyl sites for hydroxylation is 1. The van der Waals surface area contributed by atoms with E-state index in [4.69, 9.17) is 4.74 Å². The van der Waals surface area contributed by atoms with Gasteiger partial charge in [-0.3, -0.25) is 4.98 Å². The number of hydrogen-bond donors (Lipinski definition) is 2. The van der Waals surface area contributed by atoms with E-state index in [0.717, 1.165) is 24.8 Å². The molecule has 2 saturated carbocycles. The van der Waals surface area contributed by atoms with Crippen molar-refractivity contribution in [3.63, 3.8) is 0 Å². The molecule has 4 heterocycles. The van der Waals surface area contributed by atoms with Crippen LogP contribution < -0.4 is 10.6 Å². The van der Waals surface area contributed by atoms with Gasteiger partial charge in [-0.05, 0) is 63.1 Å². The number of nitrogens with zero attached hydrogens (tertiary/aromatic N) is 7. The normalized spacial score (nSPS) is 20.8. The van der Waals surface area contributed by atoms with Crippen molar-refractivity contribution < 1.29 is 9.13 Å². The van der Waals surface area contributed by atoms with Crippen LogP contribution in [0.2, 0.25) is 0 Å². The van der Waals surface area contributed by atoms with Crippen molar-refractivity contribution in [1.29, 1.82) is 10.5 Å². The Morgan fingerprint density at radius 2 is 1.91 bits per heavy atom. The molecule has 0 amide bonds. The van der Waals surface area contributed by atoms with Gasteiger partial charge in [-0.25, -0.2) is 9.67 Å². The highest BCUT2D eigenvalue weighted by Gasteiger charge is 2.56. The Kier molecular flexibility index (Phi) is 6.74. The molecule has 3 aromatic heterocycles. The van der Waals surface area contributed by atoms with E-state index < -0.39 is 12.0 Å². The number of rotatable bonds is 8. The van der Waals surface area contributed by atoms with Gasteiger partial charge in [0.1, 0.15) is 17.8 Å². The monoisotopic (exact) mass is 591 g/mol. The fourth-order valence-corrected chi connectivity index (χ4v) is 6.70. The molecule has 2 atom stereocenters. The topological polar surface area (TPSA) is 137 Å². The minimum atomic E-state index is -0.557. The molecule has 3 fully saturated rings. The van der Waals surface area contributed by atoms with Gasteiger partial charge in [0, 0.05) is 46.6 Å². The molecule has 224 valence electrons. The van der Waals surface area contributed by atoms with Gasteiger partial charge in [-0.1, -0.05) is 25.1 Å². The van der Waals surface area contributed by atoms with Crippen LogP contribution in [0.25, 0.3) is 10.9 Å². The number of pyridine rings is 2. The molecular formula is C33H34FN9O. The summed E-state index contributed by atoms with van der Waals surface area (Å²) < 4.78 is 21.8. The molecule has 44 heavy (non-hydrogen) atoms. The van der Waals surface area contributed by atoms with Gasteiger partial charge in [-0.2, -0.15) is 14.9 Å². The van der Waals surface area contributed by atoms with E-state index in [1.807, 2.05) is 16.9 Å². The van der Waals surface area contributed by atoms with Crippen molar-refractivity contribution in [3.8, 4) is 12.1 Å². The van der Waals surface area contributed by atoms with Gasteiger partial charge < -0.3 is 15.4 Å². The maximum Gasteiger partial charge on any atom is 0.213 e. The molecule has 1 saturated heterocycles. The van der Waals surface area contributed by atoms with E-state index in [0.29, 0.717) is 63.9 Å². The second kappa shape index (κ2) is 10.5. The first-order valence-electron chi connectivity index (χ1n) is 15.2. The van der Waals surface area contributed by atoms with Crippen LogP contribution in [-0.2, 0) is 10.3 Å². The molecule has 3 aliphatic rings. The van der Waals surface area contributed by atoms with Gasteiger partial charge in [0.05, 0.1) is 46.7 Å². The summed E-state index contributed by atoms with van der Waals surface area (Å²) in [4.78, 5) is 8.60. The van der Waals surface area contributed by atoms with Gasteiger partial charge >= 0.3 is 0 Å². The average molecular weight is 592 g/mol. The van der Waals surface area contributed by atoms with Crippen LogP contribution in [0, 0.1) is 46.9 Å². The van der Waals surface area contributed by atoms with E-state index in [9.17, 15) is 14.9 Å². The molecule has 2 aliphatic carbocycles. The summed E-state index contributed by atoms with van der Waals surface area (Å²) in [6.07, 6.45) is 8.92. The molecule has 1 aliphatic heterocycles. The zero-order valence-corrected chi connectivity index (χ0v) is 25.1. The molecule has 0 radical (unpaired) electrons. The van der Waals surface area contributed by atoms with Gasteiger partial charge in [0.25, 0.3) is 0 Å². The molecule has 0 spiro atoms. The number of benzene rings is 1. The fraction of sp³-hybridized carbons (Fsp3) is 0.455. The molecule has 11 heteroatoms. The molecule has 0 bridgehead atoms. The van der Waals surface area contributed by atoms with E-state index in [-0.39, 0.29) is 17.0 Å². The van der Waals surface area contributed by atoms with Crippen LogP contribution in [0.1, 0.15) is 80.1 Å². The fourth-order valence-electron chi connectivity index (χ4n) is 6.70. The Hall–Kier alpha value is -4.61.